The summed E-state index contributed by atoms with van der Waals surface area (Å²) in [5.74, 6) is -0.333. The first kappa shape index (κ1) is 14.7. The van der Waals surface area contributed by atoms with E-state index in [1.807, 2.05) is 13.8 Å². The molecule has 0 aromatic carbocycles. The molecule has 0 aromatic heterocycles. The highest BCUT2D eigenvalue weighted by Crippen LogP contribution is 2.11. The Kier molecular flexibility index (Phi) is 7.25. The predicted molar refractivity (Wildman–Crippen MR) is 60.8 cm³/mol. The number of rotatable bonds is 6. The lowest BCUT2D eigenvalue weighted by Gasteiger charge is -2.10. The van der Waals surface area contributed by atoms with Crippen molar-refractivity contribution in [3.8, 4) is 0 Å². The lowest BCUT2D eigenvalue weighted by molar-refractivity contribution is -0.141. The van der Waals surface area contributed by atoms with Crippen LogP contribution in [0, 0.1) is 5.92 Å². The second-order valence-electron chi connectivity index (χ2n) is 3.93. The average Bonchev–Trinajstić information content (AvgIpc) is 2.13. The van der Waals surface area contributed by atoms with Crippen LogP contribution in [-0.2, 0) is 19.1 Å². The van der Waals surface area contributed by atoms with Crippen molar-refractivity contribution >= 4 is 11.9 Å². The molecule has 0 aliphatic heterocycles. The van der Waals surface area contributed by atoms with Crippen molar-refractivity contribution in [3.63, 3.8) is 0 Å². The standard InChI is InChI=1S/C12H20O4/c1-5-15-12(14)7-11(6-9(2)3)8-16-10(4)13/h7,9H,5-6,8H2,1-4H3. The molecule has 0 fully saturated rings. The molecule has 0 aromatic rings. The highest BCUT2D eigenvalue weighted by Gasteiger charge is 2.07. The lowest BCUT2D eigenvalue weighted by Crippen LogP contribution is -2.09. The third-order valence-electron chi connectivity index (χ3n) is 1.74. The second-order valence-corrected chi connectivity index (χ2v) is 3.93. The van der Waals surface area contributed by atoms with Gasteiger partial charge in [0.2, 0.25) is 0 Å². The molecule has 0 heterocycles. The average molecular weight is 228 g/mol. The van der Waals surface area contributed by atoms with Crippen LogP contribution in [-0.4, -0.2) is 25.2 Å². The van der Waals surface area contributed by atoms with Crippen LogP contribution in [0.1, 0.15) is 34.1 Å². The Bertz CT molecular complexity index is 266. The topological polar surface area (TPSA) is 52.6 Å². The van der Waals surface area contributed by atoms with E-state index in [1.54, 1.807) is 6.92 Å². The van der Waals surface area contributed by atoms with Gasteiger partial charge < -0.3 is 9.47 Å². The van der Waals surface area contributed by atoms with Crippen molar-refractivity contribution < 1.29 is 19.1 Å². The van der Waals surface area contributed by atoms with E-state index in [0.29, 0.717) is 18.9 Å². The van der Waals surface area contributed by atoms with Crippen LogP contribution in [0.25, 0.3) is 0 Å². The van der Waals surface area contributed by atoms with Crippen LogP contribution >= 0.6 is 0 Å². The zero-order valence-corrected chi connectivity index (χ0v) is 10.4. The predicted octanol–water partition coefficient (Wildman–Crippen LogP) is 2.09. The van der Waals surface area contributed by atoms with Gasteiger partial charge in [-0.3, -0.25) is 4.79 Å². The van der Waals surface area contributed by atoms with E-state index in [1.165, 1.54) is 13.0 Å². The molecular weight excluding hydrogens is 208 g/mol. The zero-order chi connectivity index (χ0) is 12.6. The monoisotopic (exact) mass is 228 g/mol. The molecule has 16 heavy (non-hydrogen) atoms. The van der Waals surface area contributed by atoms with E-state index >= 15 is 0 Å². The Morgan fingerprint density at radius 1 is 1.25 bits per heavy atom. The first-order valence-electron chi connectivity index (χ1n) is 5.45. The fourth-order valence-electron chi connectivity index (χ4n) is 1.23. The Labute approximate surface area is 96.6 Å². The van der Waals surface area contributed by atoms with E-state index in [2.05, 4.69) is 0 Å². The summed E-state index contributed by atoms with van der Waals surface area (Å²) in [6.07, 6.45) is 2.12. The summed E-state index contributed by atoms with van der Waals surface area (Å²) < 4.78 is 9.67. The molecular formula is C12H20O4. The van der Waals surface area contributed by atoms with Crippen molar-refractivity contribution in [1.29, 1.82) is 0 Å². The molecule has 4 heteroatoms. The molecule has 0 unspecified atom stereocenters. The van der Waals surface area contributed by atoms with E-state index in [0.717, 1.165) is 5.57 Å². The number of ether oxygens (including phenoxy) is 2. The summed E-state index contributed by atoms with van der Waals surface area (Å²) >= 11 is 0. The molecule has 0 atom stereocenters. The van der Waals surface area contributed by atoms with Crippen molar-refractivity contribution in [2.45, 2.75) is 34.1 Å². The number of esters is 2. The van der Waals surface area contributed by atoms with Gasteiger partial charge in [-0.15, -0.1) is 0 Å². The third-order valence-corrected chi connectivity index (χ3v) is 1.74. The van der Waals surface area contributed by atoms with Gasteiger partial charge in [0, 0.05) is 13.0 Å². The minimum absolute atomic E-state index is 0.159. The lowest BCUT2D eigenvalue weighted by atomic mass is 10.0. The molecule has 0 amide bonds. The molecule has 0 aliphatic carbocycles. The van der Waals surface area contributed by atoms with Crippen LogP contribution in [0.5, 0.6) is 0 Å². The van der Waals surface area contributed by atoms with Gasteiger partial charge in [0.05, 0.1) is 6.61 Å². The quantitative estimate of drug-likeness (QED) is 0.516. The van der Waals surface area contributed by atoms with Gasteiger partial charge >= 0.3 is 11.9 Å². The molecule has 92 valence electrons. The number of hydrogen-bond donors (Lipinski definition) is 0. The maximum absolute atomic E-state index is 11.2. The van der Waals surface area contributed by atoms with Crippen LogP contribution in [0.15, 0.2) is 11.6 Å². The van der Waals surface area contributed by atoms with Gasteiger partial charge in [-0.05, 0) is 24.8 Å². The molecule has 4 nitrogen and oxygen atoms in total. The maximum atomic E-state index is 11.2. The van der Waals surface area contributed by atoms with Crippen LogP contribution in [0.4, 0.5) is 0 Å². The second kappa shape index (κ2) is 7.91. The van der Waals surface area contributed by atoms with Crippen molar-refractivity contribution in [1.82, 2.24) is 0 Å². The van der Waals surface area contributed by atoms with Gasteiger partial charge in [0.1, 0.15) is 6.61 Å². The zero-order valence-electron chi connectivity index (χ0n) is 10.4. The van der Waals surface area contributed by atoms with E-state index in [4.69, 9.17) is 9.47 Å². The van der Waals surface area contributed by atoms with E-state index in [-0.39, 0.29) is 18.5 Å². The fraction of sp³-hybridized carbons (Fsp3) is 0.667. The van der Waals surface area contributed by atoms with Gasteiger partial charge in [0.25, 0.3) is 0 Å². The molecule has 0 rings (SSSR count). The summed E-state index contributed by atoms with van der Waals surface area (Å²) in [6, 6.07) is 0. The van der Waals surface area contributed by atoms with E-state index < -0.39 is 0 Å². The Hall–Kier alpha value is -1.32. The highest BCUT2D eigenvalue weighted by molar-refractivity contribution is 5.82. The van der Waals surface area contributed by atoms with Gasteiger partial charge in [-0.25, -0.2) is 4.79 Å². The molecule has 0 radical (unpaired) electrons. The number of carbonyl (C=O) groups is 2. The fourth-order valence-corrected chi connectivity index (χ4v) is 1.23. The Morgan fingerprint density at radius 3 is 2.31 bits per heavy atom. The van der Waals surface area contributed by atoms with Crippen LogP contribution in [0.2, 0.25) is 0 Å². The van der Waals surface area contributed by atoms with Crippen molar-refractivity contribution in [2.24, 2.45) is 5.92 Å². The van der Waals surface area contributed by atoms with Crippen molar-refractivity contribution in [2.75, 3.05) is 13.2 Å². The molecule has 0 N–H and O–H groups in total. The summed E-state index contributed by atoms with van der Waals surface area (Å²) in [5, 5.41) is 0. The minimum atomic E-state index is -0.384. The Morgan fingerprint density at radius 2 is 1.88 bits per heavy atom. The van der Waals surface area contributed by atoms with Gasteiger partial charge in [-0.2, -0.15) is 0 Å². The summed E-state index contributed by atoms with van der Waals surface area (Å²) in [5.41, 5.74) is 0.781. The summed E-state index contributed by atoms with van der Waals surface area (Å²) in [6.45, 7) is 7.67. The van der Waals surface area contributed by atoms with Crippen molar-refractivity contribution in [3.05, 3.63) is 11.6 Å². The van der Waals surface area contributed by atoms with Gasteiger partial charge in [0.15, 0.2) is 0 Å². The number of carbonyl (C=O) groups excluding carboxylic acids is 2. The summed E-state index contributed by atoms with van der Waals surface area (Å²) in [7, 11) is 0. The normalized spacial score (nSPS) is 11.4. The molecule has 0 saturated carbocycles. The molecule has 0 bridgehead atoms. The van der Waals surface area contributed by atoms with Crippen LogP contribution in [0.3, 0.4) is 0 Å². The SMILES string of the molecule is CCOC(=O)C=C(COC(C)=O)CC(C)C. The highest BCUT2D eigenvalue weighted by atomic mass is 16.5. The smallest absolute Gasteiger partial charge is 0.330 e. The molecule has 0 saturated heterocycles. The third kappa shape index (κ3) is 8.03. The van der Waals surface area contributed by atoms with Crippen LogP contribution < -0.4 is 0 Å². The molecule has 0 aliphatic rings. The number of hydrogen-bond acceptors (Lipinski definition) is 4. The van der Waals surface area contributed by atoms with E-state index in [9.17, 15) is 9.59 Å². The largest absolute Gasteiger partial charge is 0.463 e. The molecule has 0 spiro atoms. The van der Waals surface area contributed by atoms with Gasteiger partial charge in [-0.1, -0.05) is 13.8 Å². The first-order chi connectivity index (χ1) is 7.45. The minimum Gasteiger partial charge on any atom is -0.463 e. The maximum Gasteiger partial charge on any atom is 0.330 e. The Balaban J connectivity index is 4.39. The summed E-state index contributed by atoms with van der Waals surface area (Å²) in [4.78, 5) is 21.9. The first-order valence-corrected chi connectivity index (χ1v) is 5.45.